The smallest absolute Gasteiger partial charge is 0.320 e. The molecule has 0 aliphatic heterocycles. The van der Waals surface area contributed by atoms with E-state index < -0.39 is 11.7 Å². The van der Waals surface area contributed by atoms with E-state index in [1.165, 1.54) is 12.1 Å². The molecule has 1 aromatic carbocycles. The van der Waals surface area contributed by atoms with E-state index in [9.17, 15) is 13.2 Å². The maximum absolute atomic E-state index is 12.5. The van der Waals surface area contributed by atoms with E-state index >= 15 is 0 Å². The molecule has 0 bridgehead atoms. The molecule has 1 nitrogen and oxygen atoms in total. The van der Waals surface area contributed by atoms with Crippen LogP contribution in [0.15, 0.2) is 30.3 Å². The Hall–Kier alpha value is -1.33. The standard InChI is InChI=1S/C14H14F3NS/c1-8-7-9(2)19-13(8)12(18)10-3-5-11(6-4-10)14(15,16)17/h3-7,12H,18H2,1-2H3. The fraction of sp³-hybridized carbons (Fsp3) is 0.286. The summed E-state index contributed by atoms with van der Waals surface area (Å²) in [6.45, 7) is 3.95. The first-order chi connectivity index (χ1) is 8.79. The Morgan fingerprint density at radius 3 is 2.11 bits per heavy atom. The van der Waals surface area contributed by atoms with Crippen LogP contribution in [-0.4, -0.2) is 0 Å². The molecule has 2 N–H and O–H groups in total. The van der Waals surface area contributed by atoms with Gasteiger partial charge in [0.1, 0.15) is 0 Å². The Balaban J connectivity index is 2.30. The largest absolute Gasteiger partial charge is 0.416 e. The van der Waals surface area contributed by atoms with Crippen molar-refractivity contribution >= 4 is 11.3 Å². The predicted octanol–water partition coefficient (Wildman–Crippen LogP) is 4.43. The third-order valence-electron chi connectivity index (χ3n) is 2.96. The maximum Gasteiger partial charge on any atom is 0.416 e. The van der Waals surface area contributed by atoms with Gasteiger partial charge < -0.3 is 5.73 Å². The van der Waals surface area contributed by atoms with Crippen LogP contribution in [0.3, 0.4) is 0 Å². The fourth-order valence-corrected chi connectivity index (χ4v) is 3.06. The number of thiophene rings is 1. The molecule has 19 heavy (non-hydrogen) atoms. The second-order valence-corrected chi connectivity index (χ2v) is 5.79. The molecular weight excluding hydrogens is 271 g/mol. The topological polar surface area (TPSA) is 26.0 Å². The van der Waals surface area contributed by atoms with Crippen LogP contribution in [0.4, 0.5) is 13.2 Å². The van der Waals surface area contributed by atoms with Gasteiger partial charge in [-0.05, 0) is 43.2 Å². The van der Waals surface area contributed by atoms with Crippen molar-refractivity contribution < 1.29 is 13.2 Å². The van der Waals surface area contributed by atoms with Crippen LogP contribution in [0.5, 0.6) is 0 Å². The highest BCUT2D eigenvalue weighted by Crippen LogP contribution is 2.33. The monoisotopic (exact) mass is 285 g/mol. The van der Waals surface area contributed by atoms with Crippen LogP contribution in [0.25, 0.3) is 0 Å². The van der Waals surface area contributed by atoms with E-state index in [4.69, 9.17) is 5.73 Å². The van der Waals surface area contributed by atoms with Gasteiger partial charge in [-0.3, -0.25) is 0 Å². The molecular formula is C14H14F3NS. The van der Waals surface area contributed by atoms with Crippen LogP contribution < -0.4 is 5.73 Å². The molecule has 2 rings (SSSR count). The lowest BCUT2D eigenvalue weighted by molar-refractivity contribution is -0.137. The summed E-state index contributed by atoms with van der Waals surface area (Å²) in [7, 11) is 0. The number of nitrogens with two attached hydrogens (primary N) is 1. The van der Waals surface area contributed by atoms with Crippen LogP contribution in [-0.2, 0) is 6.18 Å². The minimum atomic E-state index is -4.31. The molecule has 0 fully saturated rings. The Labute approximate surface area is 113 Å². The van der Waals surface area contributed by atoms with Crippen molar-refractivity contribution in [1.29, 1.82) is 0 Å². The first-order valence-corrected chi connectivity index (χ1v) is 6.60. The zero-order valence-corrected chi connectivity index (χ0v) is 11.4. The Bertz CT molecular complexity index is 569. The highest BCUT2D eigenvalue weighted by molar-refractivity contribution is 7.12. The van der Waals surface area contributed by atoms with Crippen molar-refractivity contribution in [2.24, 2.45) is 5.73 Å². The molecule has 102 valence electrons. The van der Waals surface area contributed by atoms with Crippen molar-refractivity contribution in [2.75, 3.05) is 0 Å². The average Bonchev–Trinajstić information content (AvgIpc) is 2.66. The van der Waals surface area contributed by atoms with E-state index in [2.05, 4.69) is 0 Å². The zero-order valence-electron chi connectivity index (χ0n) is 10.6. The lowest BCUT2D eigenvalue weighted by atomic mass is 10.0. The number of aryl methyl sites for hydroxylation is 2. The maximum atomic E-state index is 12.5. The minimum Gasteiger partial charge on any atom is -0.320 e. The number of hydrogen-bond donors (Lipinski definition) is 1. The first kappa shape index (κ1) is 14.1. The highest BCUT2D eigenvalue weighted by Gasteiger charge is 2.30. The molecule has 0 aliphatic rings. The molecule has 5 heteroatoms. The highest BCUT2D eigenvalue weighted by atomic mass is 32.1. The summed E-state index contributed by atoms with van der Waals surface area (Å²) in [6.07, 6.45) is -4.31. The molecule has 2 aromatic rings. The van der Waals surface area contributed by atoms with E-state index in [-0.39, 0.29) is 6.04 Å². The Morgan fingerprint density at radius 1 is 1.11 bits per heavy atom. The summed E-state index contributed by atoms with van der Waals surface area (Å²) in [5.74, 6) is 0. The third-order valence-corrected chi connectivity index (χ3v) is 4.19. The quantitative estimate of drug-likeness (QED) is 0.867. The molecule has 0 aliphatic carbocycles. The van der Waals surface area contributed by atoms with Gasteiger partial charge in [0.15, 0.2) is 0 Å². The van der Waals surface area contributed by atoms with Gasteiger partial charge in [0, 0.05) is 9.75 Å². The normalized spacial score (nSPS) is 13.6. The summed E-state index contributed by atoms with van der Waals surface area (Å²) in [5.41, 5.74) is 7.24. The van der Waals surface area contributed by atoms with Gasteiger partial charge in [0.2, 0.25) is 0 Å². The van der Waals surface area contributed by atoms with Gasteiger partial charge in [0.05, 0.1) is 11.6 Å². The van der Waals surface area contributed by atoms with Gasteiger partial charge in [-0.2, -0.15) is 13.2 Å². The molecule has 0 amide bonds. The van der Waals surface area contributed by atoms with Crippen LogP contribution in [0.2, 0.25) is 0 Å². The molecule has 0 radical (unpaired) electrons. The fourth-order valence-electron chi connectivity index (χ4n) is 2.00. The van der Waals surface area contributed by atoms with Crippen molar-refractivity contribution in [2.45, 2.75) is 26.1 Å². The molecule has 1 heterocycles. The predicted molar refractivity (Wildman–Crippen MR) is 71.3 cm³/mol. The van der Waals surface area contributed by atoms with Gasteiger partial charge in [-0.25, -0.2) is 0 Å². The van der Waals surface area contributed by atoms with Crippen LogP contribution >= 0.6 is 11.3 Å². The van der Waals surface area contributed by atoms with E-state index in [1.807, 2.05) is 19.9 Å². The third kappa shape index (κ3) is 2.98. The Morgan fingerprint density at radius 2 is 1.68 bits per heavy atom. The second kappa shape index (κ2) is 4.98. The molecule has 0 spiro atoms. The van der Waals surface area contributed by atoms with Gasteiger partial charge in [-0.1, -0.05) is 12.1 Å². The number of rotatable bonds is 2. The molecule has 1 atom stereocenters. The van der Waals surface area contributed by atoms with Gasteiger partial charge >= 0.3 is 6.18 Å². The molecule has 1 unspecified atom stereocenters. The van der Waals surface area contributed by atoms with Crippen molar-refractivity contribution in [1.82, 2.24) is 0 Å². The zero-order chi connectivity index (χ0) is 14.2. The minimum absolute atomic E-state index is 0.374. The molecule has 0 saturated heterocycles. The molecule has 1 aromatic heterocycles. The second-order valence-electron chi connectivity index (χ2n) is 4.50. The lowest BCUT2D eigenvalue weighted by Crippen LogP contribution is -2.12. The number of halogens is 3. The lowest BCUT2D eigenvalue weighted by Gasteiger charge is -2.13. The summed E-state index contributed by atoms with van der Waals surface area (Å²) in [4.78, 5) is 2.15. The van der Waals surface area contributed by atoms with Crippen molar-refractivity contribution in [3.05, 3.63) is 56.8 Å². The van der Waals surface area contributed by atoms with E-state index in [0.29, 0.717) is 5.56 Å². The summed E-state index contributed by atoms with van der Waals surface area (Å²) >= 11 is 1.58. The number of alkyl halides is 3. The number of benzene rings is 1. The number of hydrogen-bond acceptors (Lipinski definition) is 2. The summed E-state index contributed by atoms with van der Waals surface area (Å²) < 4.78 is 37.4. The summed E-state index contributed by atoms with van der Waals surface area (Å²) in [5, 5.41) is 0. The van der Waals surface area contributed by atoms with Crippen molar-refractivity contribution in [3.8, 4) is 0 Å². The van der Waals surface area contributed by atoms with Gasteiger partial charge in [-0.15, -0.1) is 11.3 Å². The van der Waals surface area contributed by atoms with Crippen LogP contribution in [0.1, 0.15) is 32.5 Å². The average molecular weight is 285 g/mol. The SMILES string of the molecule is Cc1cc(C)c(C(N)c2ccc(C(F)(F)F)cc2)s1. The van der Waals surface area contributed by atoms with Gasteiger partial charge in [0.25, 0.3) is 0 Å². The first-order valence-electron chi connectivity index (χ1n) is 5.78. The Kier molecular flexibility index (Phi) is 3.69. The summed E-state index contributed by atoms with van der Waals surface area (Å²) in [6, 6.07) is 6.70. The van der Waals surface area contributed by atoms with E-state index in [1.54, 1.807) is 11.3 Å². The van der Waals surface area contributed by atoms with E-state index in [0.717, 1.165) is 27.5 Å². The van der Waals surface area contributed by atoms with Crippen LogP contribution in [0, 0.1) is 13.8 Å². The molecule has 0 saturated carbocycles. The van der Waals surface area contributed by atoms with Crippen molar-refractivity contribution in [3.63, 3.8) is 0 Å².